The number of hydrogen-bond donors (Lipinski definition) is 1. The number of sulfonamides is 1. The fourth-order valence-corrected chi connectivity index (χ4v) is 4.62. The monoisotopic (exact) mass is 423 g/mol. The summed E-state index contributed by atoms with van der Waals surface area (Å²) >= 11 is 0. The average Bonchev–Trinajstić information content (AvgIpc) is 2.64. The van der Waals surface area contributed by atoms with Gasteiger partial charge in [-0.25, -0.2) is 17.5 Å². The van der Waals surface area contributed by atoms with Crippen LogP contribution in [0.5, 0.6) is 5.75 Å². The summed E-state index contributed by atoms with van der Waals surface area (Å²) in [6, 6.07) is 6.20. The lowest BCUT2D eigenvalue weighted by Gasteiger charge is -2.16. The van der Waals surface area contributed by atoms with Crippen molar-refractivity contribution in [1.82, 2.24) is 4.72 Å². The maximum Gasteiger partial charge on any atom is 0.307 e. The predicted octanol–water partition coefficient (Wildman–Crippen LogP) is 3.48. The molecule has 0 heterocycles. The van der Waals surface area contributed by atoms with Gasteiger partial charge in [-0.05, 0) is 67.6 Å². The Morgan fingerprint density at radius 3 is 2.24 bits per heavy atom. The van der Waals surface area contributed by atoms with E-state index >= 15 is 0 Å². The molecule has 2 aromatic rings. The molecule has 0 aromatic heterocycles. The van der Waals surface area contributed by atoms with Gasteiger partial charge in [-0.1, -0.05) is 12.1 Å². The fraction of sp³-hybridized carbons (Fsp3) is 0.381. The molecule has 0 bridgehead atoms. The lowest BCUT2D eigenvalue weighted by atomic mass is 10.0. The molecule has 158 valence electrons. The van der Waals surface area contributed by atoms with Crippen LogP contribution < -0.4 is 9.46 Å². The molecule has 6 nitrogen and oxygen atoms in total. The summed E-state index contributed by atoms with van der Waals surface area (Å²) in [5, 5.41) is 0. The highest BCUT2D eigenvalue weighted by molar-refractivity contribution is 7.89. The van der Waals surface area contributed by atoms with Crippen molar-refractivity contribution in [2.75, 3.05) is 13.7 Å². The highest BCUT2D eigenvalue weighted by Gasteiger charge is 2.22. The van der Waals surface area contributed by atoms with Crippen LogP contribution >= 0.6 is 0 Å². The molecule has 0 aliphatic rings. The van der Waals surface area contributed by atoms with Crippen LogP contribution in [0, 0.1) is 33.5 Å². The van der Waals surface area contributed by atoms with Gasteiger partial charge in [-0.2, -0.15) is 0 Å². The Hall–Kier alpha value is -2.45. The number of methoxy groups -OCH3 is 1. The Balaban J connectivity index is 1.94. The topological polar surface area (TPSA) is 81.7 Å². The van der Waals surface area contributed by atoms with Crippen molar-refractivity contribution in [3.63, 3.8) is 0 Å². The molecular formula is C21H26FNO5S. The van der Waals surface area contributed by atoms with Gasteiger partial charge in [0.25, 0.3) is 0 Å². The first kappa shape index (κ1) is 22.8. The number of esters is 1. The summed E-state index contributed by atoms with van der Waals surface area (Å²) in [6.45, 7) is 7.04. The summed E-state index contributed by atoms with van der Waals surface area (Å²) in [4.78, 5) is 12.2. The molecule has 0 saturated heterocycles. The van der Waals surface area contributed by atoms with E-state index in [9.17, 15) is 17.6 Å². The minimum atomic E-state index is -3.76. The molecule has 0 amide bonds. The second-order valence-electron chi connectivity index (χ2n) is 6.87. The number of ether oxygens (including phenoxy) is 2. The molecule has 1 N–H and O–H groups in total. The number of hydrogen-bond acceptors (Lipinski definition) is 5. The minimum absolute atomic E-state index is 0.0932. The first-order valence-corrected chi connectivity index (χ1v) is 10.6. The molecule has 0 fully saturated rings. The van der Waals surface area contributed by atoms with Crippen molar-refractivity contribution >= 4 is 16.0 Å². The van der Waals surface area contributed by atoms with Crippen LogP contribution in [0.2, 0.25) is 0 Å². The van der Waals surface area contributed by atoms with E-state index < -0.39 is 21.8 Å². The van der Waals surface area contributed by atoms with E-state index in [1.54, 1.807) is 19.9 Å². The van der Waals surface area contributed by atoms with Crippen LogP contribution in [0.1, 0.15) is 34.2 Å². The second kappa shape index (κ2) is 9.37. The van der Waals surface area contributed by atoms with Crippen molar-refractivity contribution in [2.24, 2.45) is 0 Å². The van der Waals surface area contributed by atoms with Gasteiger partial charge in [0.2, 0.25) is 10.0 Å². The Kier molecular flexibility index (Phi) is 7.37. The van der Waals surface area contributed by atoms with Crippen molar-refractivity contribution < 1.29 is 27.1 Å². The van der Waals surface area contributed by atoms with Crippen LogP contribution in [-0.2, 0) is 26.2 Å². The third kappa shape index (κ3) is 5.55. The molecule has 0 aliphatic carbocycles. The zero-order valence-electron chi connectivity index (χ0n) is 17.3. The van der Waals surface area contributed by atoms with Gasteiger partial charge < -0.3 is 9.47 Å². The highest BCUT2D eigenvalue weighted by Crippen LogP contribution is 2.25. The molecule has 29 heavy (non-hydrogen) atoms. The van der Waals surface area contributed by atoms with Gasteiger partial charge in [0.05, 0.1) is 18.4 Å². The van der Waals surface area contributed by atoms with E-state index in [2.05, 4.69) is 4.72 Å². The maximum atomic E-state index is 13.6. The molecule has 0 aliphatic heterocycles. The Morgan fingerprint density at radius 1 is 1.07 bits per heavy atom. The van der Waals surface area contributed by atoms with Gasteiger partial charge in [-0.3, -0.25) is 4.79 Å². The number of rotatable bonds is 8. The summed E-state index contributed by atoms with van der Waals surface area (Å²) in [5.74, 6) is -1.03. The smallest absolute Gasteiger partial charge is 0.307 e. The average molecular weight is 424 g/mol. The third-order valence-corrected chi connectivity index (χ3v) is 6.54. The maximum absolute atomic E-state index is 13.6. The zero-order chi connectivity index (χ0) is 21.8. The summed E-state index contributed by atoms with van der Waals surface area (Å²) < 4.78 is 51.5. The zero-order valence-corrected chi connectivity index (χ0v) is 18.1. The first-order valence-electron chi connectivity index (χ1n) is 9.12. The second-order valence-corrected chi connectivity index (χ2v) is 8.57. The minimum Gasteiger partial charge on any atom is -0.494 e. The van der Waals surface area contributed by atoms with E-state index in [1.807, 2.05) is 19.9 Å². The van der Waals surface area contributed by atoms with Gasteiger partial charge >= 0.3 is 5.97 Å². The lowest BCUT2D eigenvalue weighted by molar-refractivity contribution is -0.144. The highest BCUT2D eigenvalue weighted by atomic mass is 32.2. The lowest BCUT2D eigenvalue weighted by Crippen LogP contribution is -2.28. The fourth-order valence-electron chi connectivity index (χ4n) is 2.98. The van der Waals surface area contributed by atoms with E-state index in [0.717, 1.165) is 11.1 Å². The normalized spacial score (nSPS) is 11.4. The van der Waals surface area contributed by atoms with Crippen molar-refractivity contribution in [2.45, 2.75) is 45.6 Å². The number of carbonyl (C=O) groups is 1. The van der Waals surface area contributed by atoms with E-state index in [4.69, 9.17) is 9.47 Å². The van der Waals surface area contributed by atoms with Crippen molar-refractivity contribution in [3.8, 4) is 5.75 Å². The standard InChI is InChI=1S/C21H26FNO5S/c1-13-10-14(2)16(4)21(15(13)3)29(25,26)23-9-8-20(24)28-12-17-6-7-19(27-5)18(22)11-17/h6-7,10-11,23H,8-9,12H2,1-5H3. The van der Waals surface area contributed by atoms with Crippen LogP contribution in [0.3, 0.4) is 0 Å². The van der Waals surface area contributed by atoms with Crippen molar-refractivity contribution in [1.29, 1.82) is 0 Å². The predicted molar refractivity (Wildman–Crippen MR) is 108 cm³/mol. The van der Waals surface area contributed by atoms with Gasteiger partial charge in [0, 0.05) is 6.54 Å². The van der Waals surface area contributed by atoms with Gasteiger partial charge in [0.1, 0.15) is 6.61 Å². The SMILES string of the molecule is COc1ccc(COC(=O)CCNS(=O)(=O)c2c(C)c(C)cc(C)c2C)cc1F. The third-order valence-electron chi connectivity index (χ3n) is 4.80. The molecular weight excluding hydrogens is 397 g/mol. The number of carbonyl (C=O) groups excluding carboxylic acids is 1. The molecule has 2 aromatic carbocycles. The Labute approximate surface area is 171 Å². The number of benzene rings is 2. The summed E-state index contributed by atoms with van der Waals surface area (Å²) in [5.41, 5.74) is 3.62. The molecule has 0 radical (unpaired) electrons. The quantitative estimate of drug-likeness (QED) is 0.658. The number of nitrogens with one attached hydrogen (secondary N) is 1. The molecule has 0 unspecified atom stereocenters. The van der Waals surface area contributed by atoms with Crippen LogP contribution in [0.25, 0.3) is 0 Å². The van der Waals surface area contributed by atoms with Crippen LogP contribution in [-0.4, -0.2) is 28.0 Å². The Morgan fingerprint density at radius 2 is 1.69 bits per heavy atom. The van der Waals surface area contributed by atoms with E-state index in [1.165, 1.54) is 19.2 Å². The largest absolute Gasteiger partial charge is 0.494 e. The van der Waals surface area contributed by atoms with E-state index in [-0.39, 0.29) is 30.2 Å². The van der Waals surface area contributed by atoms with Crippen LogP contribution in [0.4, 0.5) is 4.39 Å². The molecule has 8 heteroatoms. The molecule has 2 rings (SSSR count). The van der Waals surface area contributed by atoms with Crippen molar-refractivity contribution in [3.05, 3.63) is 57.9 Å². The Bertz CT molecular complexity index is 992. The van der Waals surface area contributed by atoms with Crippen LogP contribution in [0.15, 0.2) is 29.2 Å². The van der Waals surface area contributed by atoms with E-state index in [0.29, 0.717) is 16.7 Å². The number of aryl methyl sites for hydroxylation is 2. The summed E-state index contributed by atoms with van der Waals surface area (Å²) in [6.07, 6.45) is -0.138. The number of halogens is 1. The van der Waals surface area contributed by atoms with Gasteiger partial charge in [-0.15, -0.1) is 0 Å². The molecule has 0 atom stereocenters. The molecule has 0 spiro atoms. The summed E-state index contributed by atoms with van der Waals surface area (Å²) in [7, 11) is -2.40. The van der Waals surface area contributed by atoms with Gasteiger partial charge in [0.15, 0.2) is 11.6 Å². The first-order chi connectivity index (χ1) is 13.6. The molecule has 0 saturated carbocycles.